The molecule has 2 aromatic carbocycles. The van der Waals surface area contributed by atoms with Crippen LogP contribution in [0.1, 0.15) is 31.9 Å². The number of amides is 1. The van der Waals surface area contributed by atoms with Gasteiger partial charge in [-0.25, -0.2) is 0 Å². The second-order valence-electron chi connectivity index (χ2n) is 9.23. The fourth-order valence-electron chi connectivity index (χ4n) is 5.07. The van der Waals surface area contributed by atoms with E-state index >= 15 is 0 Å². The molecule has 0 saturated carbocycles. The zero-order chi connectivity index (χ0) is 22.0. The molecule has 0 unspecified atom stereocenters. The van der Waals surface area contributed by atoms with Crippen molar-refractivity contribution < 1.29 is 4.79 Å². The molecule has 0 radical (unpaired) electrons. The first-order valence-corrected chi connectivity index (χ1v) is 11.6. The molecule has 5 heteroatoms. The summed E-state index contributed by atoms with van der Waals surface area (Å²) in [6, 6.07) is 18.5. The average Bonchev–Trinajstić information content (AvgIpc) is 2.76. The third-order valence-corrected chi connectivity index (χ3v) is 6.92. The normalized spacial score (nSPS) is 22.6. The van der Waals surface area contributed by atoms with Crippen LogP contribution in [0.15, 0.2) is 48.5 Å². The number of carbonyl (C=O) groups excluding carboxylic acids is 1. The van der Waals surface area contributed by atoms with E-state index in [0.717, 1.165) is 45.8 Å². The molecule has 4 rings (SSSR count). The highest BCUT2D eigenvalue weighted by Crippen LogP contribution is 2.29. The summed E-state index contributed by atoms with van der Waals surface area (Å²) in [4.78, 5) is 21.2. The summed E-state index contributed by atoms with van der Waals surface area (Å²) >= 11 is 0. The fraction of sp³-hybridized carbons (Fsp3) is 0.500. The maximum atomic E-state index is 11.7. The minimum Gasteiger partial charge on any atom is -0.368 e. The lowest BCUT2D eigenvalue weighted by Crippen LogP contribution is -2.53. The predicted molar refractivity (Wildman–Crippen MR) is 129 cm³/mol. The van der Waals surface area contributed by atoms with Gasteiger partial charge in [0.2, 0.25) is 5.91 Å². The Morgan fingerprint density at radius 1 is 0.935 bits per heavy atom. The fourth-order valence-corrected chi connectivity index (χ4v) is 5.07. The summed E-state index contributed by atoms with van der Waals surface area (Å²) in [5.74, 6) is 0.179. The second-order valence-corrected chi connectivity index (χ2v) is 9.23. The number of anilines is 2. The van der Waals surface area contributed by atoms with E-state index in [2.05, 4.69) is 84.0 Å². The Balaban J connectivity index is 1.40. The van der Waals surface area contributed by atoms with E-state index in [9.17, 15) is 4.79 Å². The molecule has 2 fully saturated rings. The van der Waals surface area contributed by atoms with Crippen LogP contribution in [0.3, 0.4) is 0 Å². The van der Waals surface area contributed by atoms with Crippen molar-refractivity contribution in [2.45, 2.75) is 46.3 Å². The summed E-state index contributed by atoms with van der Waals surface area (Å²) in [5, 5.41) is 0. The lowest BCUT2D eigenvalue weighted by molar-refractivity contribution is -0.129. The van der Waals surface area contributed by atoms with Crippen LogP contribution in [-0.4, -0.2) is 67.1 Å². The number of nitrogens with zero attached hydrogens (tertiary/aromatic N) is 4. The molecule has 1 amide bonds. The van der Waals surface area contributed by atoms with Crippen molar-refractivity contribution in [3.05, 3.63) is 59.7 Å². The first kappa shape index (κ1) is 21.7. The minimum absolute atomic E-state index is 0.179. The third kappa shape index (κ3) is 4.87. The van der Waals surface area contributed by atoms with Crippen molar-refractivity contribution >= 4 is 17.3 Å². The first-order chi connectivity index (χ1) is 14.9. The monoisotopic (exact) mass is 420 g/mol. The van der Waals surface area contributed by atoms with Gasteiger partial charge < -0.3 is 14.7 Å². The van der Waals surface area contributed by atoms with Gasteiger partial charge in [0.05, 0.1) is 0 Å². The predicted octanol–water partition coefficient (Wildman–Crippen LogP) is 3.76. The van der Waals surface area contributed by atoms with Crippen LogP contribution in [0, 0.1) is 6.92 Å². The van der Waals surface area contributed by atoms with Crippen LogP contribution in [0.4, 0.5) is 11.4 Å². The summed E-state index contributed by atoms with van der Waals surface area (Å²) in [6.07, 6.45) is 0. The number of benzene rings is 2. The summed E-state index contributed by atoms with van der Waals surface area (Å²) in [6.45, 7) is 15.2. The highest BCUT2D eigenvalue weighted by Gasteiger charge is 2.27. The molecule has 0 spiro atoms. The standard InChI is InChI=1S/C26H36N4O/c1-20-16-25(30-15-14-28(23(4)31)18-22(30)3)10-11-26(20)29-13-12-27(21(2)17-29)19-24-8-6-5-7-9-24/h5-11,16,21-22H,12-15,17-19H2,1-4H3/t21-,22-/m0/s1. The van der Waals surface area contributed by atoms with E-state index in [0.29, 0.717) is 12.1 Å². The van der Waals surface area contributed by atoms with Crippen molar-refractivity contribution in [1.29, 1.82) is 0 Å². The largest absolute Gasteiger partial charge is 0.368 e. The first-order valence-electron chi connectivity index (χ1n) is 11.6. The molecule has 0 bridgehead atoms. The zero-order valence-electron chi connectivity index (χ0n) is 19.4. The molecule has 31 heavy (non-hydrogen) atoms. The van der Waals surface area contributed by atoms with Crippen molar-refractivity contribution in [2.24, 2.45) is 0 Å². The summed E-state index contributed by atoms with van der Waals surface area (Å²) < 4.78 is 0. The van der Waals surface area contributed by atoms with Crippen molar-refractivity contribution in [2.75, 3.05) is 49.1 Å². The average molecular weight is 421 g/mol. The molecular weight excluding hydrogens is 384 g/mol. The van der Waals surface area contributed by atoms with Gasteiger partial charge in [0.1, 0.15) is 0 Å². The number of rotatable bonds is 4. The molecule has 2 aromatic rings. The second kappa shape index (κ2) is 9.31. The third-order valence-electron chi connectivity index (χ3n) is 6.92. The van der Waals surface area contributed by atoms with Crippen LogP contribution >= 0.6 is 0 Å². The molecule has 2 aliphatic heterocycles. The van der Waals surface area contributed by atoms with Gasteiger partial charge >= 0.3 is 0 Å². The Morgan fingerprint density at radius 3 is 2.35 bits per heavy atom. The van der Waals surface area contributed by atoms with E-state index in [4.69, 9.17) is 0 Å². The Kier molecular flexibility index (Phi) is 6.51. The van der Waals surface area contributed by atoms with Gasteiger partial charge in [-0.05, 0) is 50.1 Å². The number of carbonyl (C=O) groups is 1. The van der Waals surface area contributed by atoms with E-state index in [1.807, 2.05) is 4.90 Å². The smallest absolute Gasteiger partial charge is 0.219 e. The number of piperazine rings is 2. The summed E-state index contributed by atoms with van der Waals surface area (Å²) in [7, 11) is 0. The molecule has 0 aromatic heterocycles. The molecule has 166 valence electrons. The maximum Gasteiger partial charge on any atom is 0.219 e. The van der Waals surface area contributed by atoms with Crippen LogP contribution in [0.25, 0.3) is 0 Å². The lowest BCUT2D eigenvalue weighted by Gasteiger charge is -2.43. The molecule has 2 heterocycles. The molecular formula is C26H36N4O. The Bertz CT molecular complexity index is 900. The molecule has 0 aliphatic carbocycles. The van der Waals surface area contributed by atoms with Gasteiger partial charge in [-0.2, -0.15) is 0 Å². The molecule has 2 atom stereocenters. The van der Waals surface area contributed by atoms with E-state index < -0.39 is 0 Å². The maximum absolute atomic E-state index is 11.7. The van der Waals surface area contributed by atoms with Crippen LogP contribution < -0.4 is 9.80 Å². The molecule has 2 saturated heterocycles. The van der Waals surface area contributed by atoms with Crippen molar-refractivity contribution in [3.8, 4) is 0 Å². The van der Waals surface area contributed by atoms with Gasteiger partial charge in [0, 0.05) is 76.2 Å². The van der Waals surface area contributed by atoms with Gasteiger partial charge in [-0.1, -0.05) is 30.3 Å². The minimum atomic E-state index is 0.179. The summed E-state index contributed by atoms with van der Waals surface area (Å²) in [5.41, 5.74) is 5.35. The molecule has 5 nitrogen and oxygen atoms in total. The van der Waals surface area contributed by atoms with E-state index in [-0.39, 0.29) is 5.91 Å². The number of hydrogen-bond acceptors (Lipinski definition) is 4. The molecule has 2 aliphatic rings. The number of hydrogen-bond donors (Lipinski definition) is 0. The van der Waals surface area contributed by atoms with E-state index in [1.165, 1.54) is 22.5 Å². The van der Waals surface area contributed by atoms with Crippen LogP contribution in [0.2, 0.25) is 0 Å². The highest BCUT2D eigenvalue weighted by molar-refractivity contribution is 5.74. The Morgan fingerprint density at radius 2 is 1.71 bits per heavy atom. The van der Waals surface area contributed by atoms with Gasteiger partial charge in [0.25, 0.3) is 0 Å². The van der Waals surface area contributed by atoms with Crippen molar-refractivity contribution in [3.63, 3.8) is 0 Å². The highest BCUT2D eigenvalue weighted by atomic mass is 16.2. The van der Waals surface area contributed by atoms with Gasteiger partial charge in [-0.15, -0.1) is 0 Å². The molecule has 0 N–H and O–H groups in total. The van der Waals surface area contributed by atoms with Gasteiger partial charge in [-0.3, -0.25) is 9.69 Å². The topological polar surface area (TPSA) is 30.0 Å². The quantitative estimate of drug-likeness (QED) is 0.753. The Labute approximate surface area is 187 Å². The SMILES string of the molecule is CC(=O)N1CCN(c2ccc(N3CCN(Cc4ccccc4)[C@@H](C)C3)c(C)c2)[C@@H](C)C1. The van der Waals surface area contributed by atoms with E-state index in [1.54, 1.807) is 6.92 Å². The lowest BCUT2D eigenvalue weighted by atomic mass is 10.1. The van der Waals surface area contributed by atoms with Crippen molar-refractivity contribution in [1.82, 2.24) is 9.80 Å². The zero-order valence-corrected chi connectivity index (χ0v) is 19.4. The van der Waals surface area contributed by atoms with Crippen LogP contribution in [0.5, 0.6) is 0 Å². The number of aryl methyl sites for hydroxylation is 1. The van der Waals surface area contributed by atoms with Gasteiger partial charge in [0.15, 0.2) is 0 Å². The van der Waals surface area contributed by atoms with Crippen LogP contribution in [-0.2, 0) is 11.3 Å². The Hall–Kier alpha value is -2.53.